The van der Waals surface area contributed by atoms with Gasteiger partial charge in [0.15, 0.2) is 0 Å². The first-order chi connectivity index (χ1) is 16.5. The second-order valence-corrected chi connectivity index (χ2v) is 9.96. The zero-order valence-corrected chi connectivity index (χ0v) is 20.9. The molecule has 1 aromatic carbocycles. The standard InChI is InChI=1S/C22H21Cl2FN4O5S/c1-13(2)12-33-22-18(24)6-15(11-27-22)34-20-8-19(25)16(7-17(20)23)21(30)29-35(31,32)28-10-14-4-3-5-26-9-14/h3-9,11,13,28H,10,12H2,1-2H3,(H,29,30). The molecule has 0 atom stereocenters. The van der Waals surface area contributed by atoms with E-state index in [0.29, 0.717) is 12.2 Å². The molecule has 0 saturated heterocycles. The van der Waals surface area contributed by atoms with Crippen LogP contribution < -0.4 is 18.9 Å². The largest absolute Gasteiger partial charge is 0.476 e. The Morgan fingerprint density at radius 1 is 1.17 bits per heavy atom. The number of halogens is 3. The monoisotopic (exact) mass is 542 g/mol. The van der Waals surface area contributed by atoms with Gasteiger partial charge in [-0.1, -0.05) is 43.1 Å². The van der Waals surface area contributed by atoms with Gasteiger partial charge in [0.25, 0.3) is 5.91 Å². The molecule has 0 aliphatic carbocycles. The minimum absolute atomic E-state index is 0.121. The summed E-state index contributed by atoms with van der Waals surface area (Å²) in [5, 5.41) is 0.0354. The third kappa shape index (κ3) is 7.76. The molecule has 0 radical (unpaired) electrons. The molecule has 2 heterocycles. The number of pyridine rings is 2. The Morgan fingerprint density at radius 3 is 2.60 bits per heavy atom. The third-order valence-corrected chi connectivity index (χ3v) is 5.79. The van der Waals surface area contributed by atoms with Gasteiger partial charge in [0.2, 0.25) is 5.88 Å². The van der Waals surface area contributed by atoms with Crippen molar-refractivity contribution in [3.63, 3.8) is 0 Å². The van der Waals surface area contributed by atoms with Crippen LogP contribution in [0.5, 0.6) is 17.4 Å². The highest BCUT2D eigenvalue weighted by molar-refractivity contribution is 7.88. The van der Waals surface area contributed by atoms with E-state index in [4.69, 9.17) is 32.7 Å². The second kappa shape index (κ2) is 11.6. The Kier molecular flexibility index (Phi) is 8.84. The quantitative estimate of drug-likeness (QED) is 0.386. The number of carbonyl (C=O) groups excluding carboxylic acids is 1. The molecule has 3 rings (SSSR count). The van der Waals surface area contributed by atoms with Crippen LogP contribution in [0.15, 0.2) is 48.9 Å². The first kappa shape index (κ1) is 26.6. The summed E-state index contributed by atoms with van der Waals surface area (Å²) in [6.45, 7) is 4.24. The van der Waals surface area contributed by atoms with Crippen molar-refractivity contribution in [3.8, 4) is 17.4 Å². The molecule has 0 spiro atoms. The van der Waals surface area contributed by atoms with Crippen LogP contribution in [0.2, 0.25) is 10.0 Å². The SMILES string of the molecule is CC(C)COc1ncc(Oc2cc(F)c(C(=O)NS(=O)(=O)NCc3cccnc3)cc2Cl)cc1Cl. The summed E-state index contributed by atoms with van der Waals surface area (Å²) in [5.74, 6) is -1.77. The van der Waals surface area contributed by atoms with Gasteiger partial charge >= 0.3 is 10.2 Å². The van der Waals surface area contributed by atoms with Crippen LogP contribution in [0, 0.1) is 11.7 Å². The van der Waals surface area contributed by atoms with Gasteiger partial charge in [-0.3, -0.25) is 9.78 Å². The summed E-state index contributed by atoms with van der Waals surface area (Å²) in [7, 11) is -4.29. The van der Waals surface area contributed by atoms with Crippen LogP contribution in [0.4, 0.5) is 4.39 Å². The zero-order valence-electron chi connectivity index (χ0n) is 18.6. The summed E-state index contributed by atoms with van der Waals surface area (Å²) in [6.07, 6.45) is 4.30. The van der Waals surface area contributed by atoms with Crippen LogP contribution in [-0.2, 0) is 16.8 Å². The smallest absolute Gasteiger partial charge is 0.301 e. The summed E-state index contributed by atoms with van der Waals surface area (Å²) in [5.41, 5.74) is -0.0298. The molecule has 9 nitrogen and oxygen atoms in total. The highest BCUT2D eigenvalue weighted by Gasteiger charge is 2.21. The number of nitrogens with zero attached hydrogens (tertiary/aromatic N) is 2. The Balaban J connectivity index is 1.69. The maximum Gasteiger partial charge on any atom is 0.301 e. The topological polar surface area (TPSA) is 120 Å². The van der Waals surface area contributed by atoms with E-state index >= 15 is 0 Å². The molecule has 0 aliphatic rings. The summed E-state index contributed by atoms with van der Waals surface area (Å²) in [6, 6.07) is 6.49. The molecule has 0 unspecified atom stereocenters. The number of aromatic nitrogens is 2. The predicted molar refractivity (Wildman–Crippen MR) is 129 cm³/mol. The van der Waals surface area contributed by atoms with Gasteiger partial charge in [0.1, 0.15) is 22.3 Å². The fourth-order valence-electron chi connectivity index (χ4n) is 2.62. The van der Waals surface area contributed by atoms with E-state index in [-0.39, 0.29) is 39.9 Å². The van der Waals surface area contributed by atoms with Gasteiger partial charge in [0.05, 0.1) is 23.4 Å². The molecule has 13 heteroatoms. The van der Waals surface area contributed by atoms with E-state index in [0.717, 1.165) is 12.1 Å². The van der Waals surface area contributed by atoms with Crippen molar-refractivity contribution in [1.82, 2.24) is 19.4 Å². The van der Waals surface area contributed by atoms with Gasteiger partial charge in [0, 0.05) is 31.1 Å². The van der Waals surface area contributed by atoms with Crippen molar-refractivity contribution >= 4 is 39.3 Å². The molecular formula is C22H21Cl2FN4O5S. The molecule has 35 heavy (non-hydrogen) atoms. The van der Waals surface area contributed by atoms with Crippen LogP contribution in [0.3, 0.4) is 0 Å². The van der Waals surface area contributed by atoms with Crippen molar-refractivity contribution in [1.29, 1.82) is 0 Å². The number of rotatable bonds is 10. The molecule has 3 aromatic rings. The maximum absolute atomic E-state index is 14.6. The van der Waals surface area contributed by atoms with Gasteiger partial charge in [-0.25, -0.2) is 14.1 Å². The van der Waals surface area contributed by atoms with Crippen molar-refractivity contribution in [2.24, 2.45) is 5.92 Å². The van der Waals surface area contributed by atoms with Crippen molar-refractivity contribution in [3.05, 3.63) is 75.9 Å². The summed E-state index contributed by atoms with van der Waals surface area (Å²) >= 11 is 12.3. The molecular weight excluding hydrogens is 522 g/mol. The van der Waals surface area contributed by atoms with Crippen LogP contribution >= 0.6 is 23.2 Å². The fraction of sp³-hybridized carbons (Fsp3) is 0.227. The number of hydrogen-bond donors (Lipinski definition) is 2. The lowest BCUT2D eigenvalue weighted by Gasteiger charge is -2.13. The number of nitrogens with one attached hydrogen (secondary N) is 2. The molecule has 0 bridgehead atoms. The molecule has 0 fully saturated rings. The highest BCUT2D eigenvalue weighted by Crippen LogP contribution is 2.34. The molecule has 1 amide bonds. The minimum atomic E-state index is -4.29. The van der Waals surface area contributed by atoms with E-state index in [9.17, 15) is 17.6 Å². The van der Waals surface area contributed by atoms with Gasteiger partial charge < -0.3 is 9.47 Å². The fourth-order valence-corrected chi connectivity index (χ4v) is 3.81. The van der Waals surface area contributed by atoms with Crippen molar-refractivity contribution in [2.75, 3.05) is 6.61 Å². The van der Waals surface area contributed by atoms with Crippen molar-refractivity contribution in [2.45, 2.75) is 20.4 Å². The maximum atomic E-state index is 14.6. The number of hydrogen-bond acceptors (Lipinski definition) is 7. The minimum Gasteiger partial charge on any atom is -0.476 e. The van der Waals surface area contributed by atoms with Crippen LogP contribution in [-0.4, -0.2) is 30.9 Å². The molecule has 186 valence electrons. The Hall–Kier alpha value is -2.99. The molecule has 0 aliphatic heterocycles. The first-order valence-corrected chi connectivity index (χ1v) is 12.4. The van der Waals surface area contributed by atoms with Gasteiger partial charge in [-0.2, -0.15) is 13.1 Å². The lowest BCUT2D eigenvalue weighted by atomic mass is 10.2. The predicted octanol–water partition coefficient (Wildman–Crippen LogP) is 4.51. The van der Waals surface area contributed by atoms with Crippen molar-refractivity contribution < 1.29 is 27.1 Å². The third-order valence-electron chi connectivity index (χ3n) is 4.25. The van der Waals surface area contributed by atoms with Gasteiger partial charge in [-0.05, 0) is 23.6 Å². The molecule has 2 aromatic heterocycles. The zero-order chi connectivity index (χ0) is 25.6. The van der Waals surface area contributed by atoms with E-state index in [2.05, 4.69) is 14.7 Å². The average Bonchev–Trinajstić information content (AvgIpc) is 2.79. The van der Waals surface area contributed by atoms with Gasteiger partial charge in [-0.15, -0.1) is 0 Å². The van der Waals surface area contributed by atoms with E-state index in [1.807, 2.05) is 13.8 Å². The Morgan fingerprint density at radius 2 is 1.94 bits per heavy atom. The van der Waals surface area contributed by atoms with E-state index in [1.165, 1.54) is 24.7 Å². The lowest BCUT2D eigenvalue weighted by molar-refractivity contribution is 0.0977. The Labute approximate surface area is 211 Å². The number of carbonyl (C=O) groups is 1. The first-order valence-electron chi connectivity index (χ1n) is 10.2. The number of benzene rings is 1. The average molecular weight is 543 g/mol. The number of amides is 1. The van der Waals surface area contributed by atoms with Crippen LogP contribution in [0.1, 0.15) is 29.8 Å². The number of ether oxygens (including phenoxy) is 2. The second-order valence-electron chi connectivity index (χ2n) is 7.64. The van der Waals surface area contributed by atoms with E-state index < -0.39 is 27.5 Å². The van der Waals surface area contributed by atoms with Crippen LogP contribution in [0.25, 0.3) is 0 Å². The summed E-state index contributed by atoms with van der Waals surface area (Å²) in [4.78, 5) is 20.3. The Bertz CT molecular complexity index is 1310. The lowest BCUT2D eigenvalue weighted by Crippen LogP contribution is -2.40. The molecule has 2 N–H and O–H groups in total. The summed E-state index contributed by atoms with van der Waals surface area (Å²) < 4.78 is 53.9. The van der Waals surface area contributed by atoms with E-state index in [1.54, 1.807) is 16.9 Å². The molecule has 0 saturated carbocycles. The highest BCUT2D eigenvalue weighted by atomic mass is 35.5. The normalized spacial score (nSPS) is 11.4.